The van der Waals surface area contributed by atoms with Gasteiger partial charge in [0, 0.05) is 68.2 Å². The average molecular weight is 1220 g/mol. The quantitative estimate of drug-likeness (QED) is 0.0591. The molecule has 2 unspecified atom stereocenters. The van der Waals surface area contributed by atoms with Gasteiger partial charge < -0.3 is 22.0 Å². The van der Waals surface area contributed by atoms with Gasteiger partial charge in [-0.3, -0.25) is 11.8 Å². The summed E-state index contributed by atoms with van der Waals surface area (Å²) in [5.74, 6) is 6.69. The number of fused-ring (bicyclic) bond motifs is 6. The van der Waals surface area contributed by atoms with Gasteiger partial charge in [-0.2, -0.15) is 0 Å². The van der Waals surface area contributed by atoms with E-state index < -0.39 is 0 Å². The number of hydrogen-bond acceptors (Lipinski definition) is 0. The van der Waals surface area contributed by atoms with Gasteiger partial charge in [0.2, 0.25) is 0 Å². The molecule has 9 rings (SSSR count). The van der Waals surface area contributed by atoms with Crippen molar-refractivity contribution in [3.8, 4) is 11.8 Å². The molecule has 0 N–H and O–H groups in total. The molecule has 3 saturated carbocycles. The van der Waals surface area contributed by atoms with Crippen LogP contribution in [0.25, 0.3) is 43.6 Å². The Bertz CT molecular complexity index is 2300. The fourth-order valence-electron chi connectivity index (χ4n) is 11.4. The molecule has 330 valence electrons. The van der Waals surface area contributed by atoms with Crippen molar-refractivity contribution in [1.82, 2.24) is 9.13 Å². The van der Waals surface area contributed by atoms with Gasteiger partial charge in [0.1, 0.15) is 0 Å². The van der Waals surface area contributed by atoms with Crippen LogP contribution in [-0.4, -0.2) is 37.7 Å². The second-order valence-corrected chi connectivity index (χ2v) is 25.1. The van der Waals surface area contributed by atoms with Crippen molar-refractivity contribution < 1.29 is 44.8 Å². The van der Waals surface area contributed by atoms with Crippen LogP contribution in [0.4, 0.5) is 0 Å². The summed E-state index contributed by atoms with van der Waals surface area (Å²) in [6, 6.07) is 28.7. The van der Waals surface area contributed by atoms with Crippen molar-refractivity contribution in [3.63, 3.8) is 0 Å². The van der Waals surface area contributed by atoms with E-state index in [2.05, 4.69) is 85.3 Å². The minimum absolute atomic E-state index is 0. The molecular formula is C55H70Au2N2P2+2. The van der Waals surface area contributed by atoms with Gasteiger partial charge in [-0.05, 0) is 107 Å². The van der Waals surface area contributed by atoms with Gasteiger partial charge in [-0.25, -0.2) is 0 Å². The molecular weight excluding hydrogens is 1140 g/mol. The molecule has 61 heavy (non-hydrogen) atoms. The number of nitrogens with zero attached hydrogens (tertiary/aromatic N) is 2. The van der Waals surface area contributed by atoms with Crippen LogP contribution in [0.1, 0.15) is 141 Å². The first kappa shape index (κ1) is 49.9. The normalized spacial score (nSPS) is 17.3. The van der Waals surface area contributed by atoms with Crippen LogP contribution in [0.15, 0.2) is 84.9 Å². The monoisotopic (exact) mass is 1210 g/mol. The van der Waals surface area contributed by atoms with E-state index in [1.54, 1.807) is 103 Å². The minimum atomic E-state index is -0.147. The molecule has 2 atom stereocenters. The van der Waals surface area contributed by atoms with Crippen LogP contribution >= 0.6 is 15.8 Å². The summed E-state index contributed by atoms with van der Waals surface area (Å²) >= 11 is 0. The Labute approximate surface area is 403 Å². The number of aryl methyl sites for hydroxylation is 2. The van der Waals surface area contributed by atoms with Crippen molar-refractivity contribution in [2.24, 2.45) is 14.1 Å². The molecule has 6 aromatic rings. The SMILES string of the molecule is CCCC(CC)[PH+](C[PH+](C1CCCCC1)C1CCCCC1)C1CCCCC1.[Au+].[Au+].[C-]#Cc1ccc2c(c1)c1ccccc1n2C.[C-]#Cc1ccc2c3ccccc3n(C)c2c1. The summed E-state index contributed by atoms with van der Waals surface area (Å²) in [7, 11) is 3.85. The third-order valence-electron chi connectivity index (χ3n) is 14.6. The number of para-hydroxylation sites is 2. The molecule has 2 nitrogen and oxygen atoms in total. The van der Waals surface area contributed by atoms with Crippen LogP contribution in [0, 0.1) is 24.7 Å². The first-order valence-corrected chi connectivity index (χ1v) is 27.2. The Hall–Kier alpha value is -2.06. The first-order valence-electron chi connectivity index (χ1n) is 23.5. The second kappa shape index (κ2) is 24.9. The maximum absolute atomic E-state index is 7.18. The Kier molecular flexibility index (Phi) is 20.4. The van der Waals surface area contributed by atoms with Crippen LogP contribution in [0.2, 0.25) is 0 Å². The predicted molar refractivity (Wildman–Crippen MR) is 264 cm³/mol. The van der Waals surface area contributed by atoms with E-state index >= 15 is 0 Å². The molecule has 2 heterocycles. The first-order chi connectivity index (χ1) is 28.9. The van der Waals surface area contributed by atoms with Gasteiger partial charge in [0.05, 0.1) is 22.6 Å². The van der Waals surface area contributed by atoms with Gasteiger partial charge in [0.15, 0.2) is 5.90 Å². The summed E-state index contributed by atoms with van der Waals surface area (Å²) in [5, 5.41) is 4.92. The average Bonchev–Trinajstić information content (AvgIpc) is 3.76. The summed E-state index contributed by atoms with van der Waals surface area (Å²) < 4.78 is 4.34. The standard InChI is InChI=1S/C25H48P2.2C15H10N.2Au/c1-3-14-22(4-2)26(23-15-8-5-9-16-23)21-27(24-17-10-6-11-18-24)25-19-12-7-13-20-25;1-3-11-8-9-15-13(10-11)12-6-4-5-7-14(12)16(15)2;1-3-11-8-9-13-12-6-4-5-7-14(12)16(2)15(13)10-11;;/h22-25H,3-21H2,1-2H3;2*4-10H,2H3;;/q;2*-1;2*+1/p+2. The number of hydrogen-bond donors (Lipinski definition) is 0. The van der Waals surface area contributed by atoms with E-state index in [9.17, 15) is 0 Å². The maximum atomic E-state index is 7.18. The maximum Gasteiger partial charge on any atom is 1.00 e. The molecule has 0 bridgehead atoms. The summed E-state index contributed by atoms with van der Waals surface area (Å²) in [4.78, 5) is 0. The number of aromatic nitrogens is 2. The third-order valence-corrected chi connectivity index (χ3v) is 24.5. The Morgan fingerprint density at radius 2 is 0.984 bits per heavy atom. The second-order valence-electron chi connectivity index (χ2n) is 18.1. The molecule has 3 fully saturated rings. The zero-order valence-electron chi connectivity index (χ0n) is 37.3. The zero-order valence-corrected chi connectivity index (χ0v) is 43.7. The Balaban J connectivity index is 0.000000179. The van der Waals surface area contributed by atoms with Crippen molar-refractivity contribution >= 4 is 59.5 Å². The van der Waals surface area contributed by atoms with E-state index in [4.69, 9.17) is 12.8 Å². The predicted octanol–water partition coefficient (Wildman–Crippen LogP) is 15.5. The van der Waals surface area contributed by atoms with Gasteiger partial charge in [-0.1, -0.05) is 88.1 Å². The molecule has 0 radical (unpaired) electrons. The largest absolute Gasteiger partial charge is 1.00 e. The molecule has 0 aliphatic heterocycles. The van der Waals surface area contributed by atoms with Crippen LogP contribution in [0.5, 0.6) is 0 Å². The molecule has 3 aliphatic rings. The Morgan fingerprint density at radius 1 is 0.541 bits per heavy atom. The third kappa shape index (κ3) is 12.0. The Morgan fingerprint density at radius 3 is 1.51 bits per heavy atom. The van der Waals surface area contributed by atoms with Gasteiger partial charge in [-0.15, -0.1) is 35.4 Å². The molecule has 0 spiro atoms. The van der Waals surface area contributed by atoms with Crippen molar-refractivity contribution in [3.05, 3.63) is 109 Å². The zero-order chi connectivity index (χ0) is 41.1. The van der Waals surface area contributed by atoms with Gasteiger partial charge in [0.25, 0.3) is 0 Å². The van der Waals surface area contributed by atoms with Crippen LogP contribution in [0.3, 0.4) is 0 Å². The molecule has 6 heteroatoms. The fourth-order valence-corrected chi connectivity index (χ4v) is 23.9. The summed E-state index contributed by atoms with van der Waals surface area (Å²) in [6.07, 6.45) is 42.7. The van der Waals surface area contributed by atoms with E-state index in [1.165, 1.54) is 67.9 Å². The molecule has 3 aliphatic carbocycles. The summed E-state index contributed by atoms with van der Waals surface area (Å²) in [6.45, 7) is 5.00. The van der Waals surface area contributed by atoms with Crippen molar-refractivity contribution in [2.75, 3.05) is 5.90 Å². The molecule has 2 aromatic heterocycles. The fraction of sp³-hybridized carbons (Fsp3) is 0.491. The van der Waals surface area contributed by atoms with Crippen molar-refractivity contribution in [1.29, 1.82) is 0 Å². The van der Waals surface area contributed by atoms with E-state index in [0.29, 0.717) is 0 Å². The number of rotatable bonds is 9. The molecule has 0 amide bonds. The van der Waals surface area contributed by atoms with Gasteiger partial charge >= 0.3 is 44.8 Å². The van der Waals surface area contributed by atoms with Crippen LogP contribution < -0.4 is 0 Å². The summed E-state index contributed by atoms with van der Waals surface area (Å²) in [5.41, 5.74) is 11.2. The van der Waals surface area contributed by atoms with Crippen molar-refractivity contribution in [2.45, 2.75) is 152 Å². The minimum Gasteiger partial charge on any atom is -0.366 e. The smallest absolute Gasteiger partial charge is 0.366 e. The molecule has 0 saturated heterocycles. The van der Waals surface area contributed by atoms with Crippen LogP contribution in [-0.2, 0) is 58.9 Å². The van der Waals surface area contributed by atoms with E-state index in [1.807, 2.05) is 54.4 Å². The molecule has 4 aromatic carbocycles. The van der Waals surface area contributed by atoms with E-state index in [0.717, 1.165) is 22.3 Å². The number of benzene rings is 4. The topological polar surface area (TPSA) is 9.86 Å². The van der Waals surface area contributed by atoms with E-state index in [-0.39, 0.29) is 60.6 Å².